The second kappa shape index (κ2) is 6.72. The predicted octanol–water partition coefficient (Wildman–Crippen LogP) is 3.20. The maximum Gasteiger partial charge on any atom is 0.246 e. The quantitative estimate of drug-likeness (QED) is 0.795. The smallest absolute Gasteiger partial charge is 0.246 e. The fraction of sp³-hybridized carbons (Fsp3) is 0.312. The molecule has 0 spiro atoms. The summed E-state index contributed by atoms with van der Waals surface area (Å²) in [6.45, 7) is 1.36. The van der Waals surface area contributed by atoms with Gasteiger partial charge in [-0.15, -0.1) is 10.2 Å². The Bertz CT molecular complexity index is 769. The Balaban J connectivity index is 1.66. The van der Waals surface area contributed by atoms with Crippen molar-refractivity contribution in [1.29, 1.82) is 0 Å². The summed E-state index contributed by atoms with van der Waals surface area (Å²) >= 11 is 11.9. The first-order valence-electron chi connectivity index (χ1n) is 7.34. The van der Waals surface area contributed by atoms with Crippen molar-refractivity contribution in [2.75, 3.05) is 7.05 Å². The van der Waals surface area contributed by atoms with Gasteiger partial charge >= 0.3 is 0 Å². The summed E-state index contributed by atoms with van der Waals surface area (Å²) in [6, 6.07) is 5.16. The van der Waals surface area contributed by atoms with Crippen LogP contribution in [0.5, 0.6) is 0 Å². The summed E-state index contributed by atoms with van der Waals surface area (Å²) in [5.74, 6) is 1.71. The average molecular weight is 351 g/mol. The second-order valence-corrected chi connectivity index (χ2v) is 6.32. The molecule has 1 aliphatic rings. The minimum absolute atomic E-state index is 0.119. The van der Waals surface area contributed by atoms with Crippen molar-refractivity contribution in [2.24, 2.45) is 0 Å². The highest BCUT2D eigenvalue weighted by Crippen LogP contribution is 2.22. The van der Waals surface area contributed by atoms with Crippen molar-refractivity contribution >= 4 is 35.2 Å². The number of fused-ring (bicyclic) bond motifs is 1. The van der Waals surface area contributed by atoms with Crippen LogP contribution in [0.15, 0.2) is 24.3 Å². The van der Waals surface area contributed by atoms with E-state index in [1.807, 2.05) is 0 Å². The van der Waals surface area contributed by atoms with Crippen LogP contribution in [0.4, 0.5) is 0 Å². The molecule has 1 amide bonds. The predicted molar refractivity (Wildman–Crippen MR) is 90.3 cm³/mol. The molecular weight excluding hydrogens is 335 g/mol. The first kappa shape index (κ1) is 16.0. The van der Waals surface area contributed by atoms with Crippen molar-refractivity contribution in [3.63, 3.8) is 0 Å². The lowest BCUT2D eigenvalue weighted by molar-refractivity contribution is -0.125. The Kier molecular flexibility index (Phi) is 4.68. The van der Waals surface area contributed by atoms with E-state index < -0.39 is 0 Å². The summed E-state index contributed by atoms with van der Waals surface area (Å²) in [6.07, 6.45) is 5.23. The van der Waals surface area contributed by atoms with Crippen molar-refractivity contribution in [3.05, 3.63) is 51.5 Å². The molecule has 0 saturated carbocycles. The van der Waals surface area contributed by atoms with Crippen molar-refractivity contribution in [2.45, 2.75) is 25.9 Å². The second-order valence-electron chi connectivity index (χ2n) is 5.48. The Morgan fingerprint density at radius 2 is 2.22 bits per heavy atom. The Morgan fingerprint density at radius 3 is 3.00 bits per heavy atom. The zero-order valence-corrected chi connectivity index (χ0v) is 14.2. The lowest BCUT2D eigenvalue weighted by atomic mass is 10.2. The van der Waals surface area contributed by atoms with Crippen LogP contribution >= 0.6 is 23.2 Å². The highest BCUT2D eigenvalue weighted by molar-refractivity contribution is 6.35. The first-order chi connectivity index (χ1) is 11.0. The molecule has 0 radical (unpaired) electrons. The van der Waals surface area contributed by atoms with E-state index in [4.69, 9.17) is 23.2 Å². The molecule has 2 heterocycles. The van der Waals surface area contributed by atoms with E-state index in [1.54, 1.807) is 36.2 Å². The minimum Gasteiger partial charge on any atom is -0.335 e. The topological polar surface area (TPSA) is 51.0 Å². The summed E-state index contributed by atoms with van der Waals surface area (Å²) in [5, 5.41) is 9.39. The third-order valence-corrected chi connectivity index (χ3v) is 4.37. The zero-order valence-electron chi connectivity index (χ0n) is 12.7. The zero-order chi connectivity index (χ0) is 16.4. The normalized spacial score (nSPS) is 13.5. The van der Waals surface area contributed by atoms with Gasteiger partial charge in [-0.3, -0.25) is 4.79 Å². The maximum absolute atomic E-state index is 12.2. The Hall–Kier alpha value is -1.85. The molecule has 0 atom stereocenters. The van der Waals surface area contributed by atoms with Crippen molar-refractivity contribution in [3.8, 4) is 0 Å². The van der Waals surface area contributed by atoms with Crippen LogP contribution in [-0.2, 0) is 24.3 Å². The number of carbonyl (C=O) groups excluding carboxylic acids is 1. The Morgan fingerprint density at radius 1 is 1.39 bits per heavy atom. The number of benzene rings is 1. The highest BCUT2D eigenvalue weighted by atomic mass is 35.5. The van der Waals surface area contributed by atoms with Gasteiger partial charge in [0.15, 0.2) is 5.82 Å². The number of rotatable bonds is 4. The molecular formula is C16H16Cl2N4O. The SMILES string of the molecule is CN(Cc1nnc2n1CCC2)C(=O)C=Cc1ccc(Cl)cc1Cl. The number of carbonyl (C=O) groups is 1. The molecule has 7 heteroatoms. The maximum atomic E-state index is 12.2. The molecule has 0 fully saturated rings. The van der Waals surface area contributed by atoms with E-state index in [2.05, 4.69) is 14.8 Å². The fourth-order valence-electron chi connectivity index (χ4n) is 2.54. The van der Waals surface area contributed by atoms with Crippen LogP contribution in [0.2, 0.25) is 10.0 Å². The van der Waals surface area contributed by atoms with Crippen LogP contribution in [0.25, 0.3) is 6.08 Å². The molecule has 23 heavy (non-hydrogen) atoms. The van der Waals surface area contributed by atoms with Gasteiger partial charge in [0, 0.05) is 36.1 Å². The van der Waals surface area contributed by atoms with Gasteiger partial charge in [-0.05, 0) is 30.2 Å². The van der Waals surface area contributed by atoms with E-state index >= 15 is 0 Å². The van der Waals surface area contributed by atoms with Gasteiger partial charge in [0.25, 0.3) is 0 Å². The number of hydrogen-bond acceptors (Lipinski definition) is 3. The molecule has 3 rings (SSSR count). The van der Waals surface area contributed by atoms with Gasteiger partial charge in [0.05, 0.1) is 6.54 Å². The Labute approximate surface area is 144 Å². The molecule has 2 aromatic rings. The van der Waals surface area contributed by atoms with Gasteiger partial charge in [-0.1, -0.05) is 29.3 Å². The van der Waals surface area contributed by atoms with Crippen LogP contribution < -0.4 is 0 Å². The van der Waals surface area contributed by atoms with Crippen LogP contribution in [0.1, 0.15) is 23.6 Å². The van der Waals surface area contributed by atoms with E-state index in [0.29, 0.717) is 16.6 Å². The van der Waals surface area contributed by atoms with E-state index in [9.17, 15) is 4.79 Å². The summed E-state index contributed by atoms with van der Waals surface area (Å²) in [4.78, 5) is 13.8. The lowest BCUT2D eigenvalue weighted by Crippen LogP contribution is -2.25. The van der Waals surface area contributed by atoms with Gasteiger partial charge in [-0.2, -0.15) is 0 Å². The molecule has 1 aromatic heterocycles. The molecule has 0 N–H and O–H groups in total. The third kappa shape index (κ3) is 3.57. The van der Waals surface area contributed by atoms with Crippen LogP contribution in [0.3, 0.4) is 0 Å². The molecule has 0 saturated heterocycles. The van der Waals surface area contributed by atoms with E-state index in [0.717, 1.165) is 36.6 Å². The molecule has 0 bridgehead atoms. The number of halogens is 2. The monoisotopic (exact) mass is 350 g/mol. The summed E-state index contributed by atoms with van der Waals surface area (Å²) in [7, 11) is 1.74. The van der Waals surface area contributed by atoms with Gasteiger partial charge < -0.3 is 9.47 Å². The molecule has 1 aliphatic heterocycles. The van der Waals surface area contributed by atoms with Crippen molar-refractivity contribution in [1.82, 2.24) is 19.7 Å². The van der Waals surface area contributed by atoms with Crippen molar-refractivity contribution < 1.29 is 4.79 Å². The number of likely N-dealkylation sites (N-methyl/N-ethyl adjacent to an activating group) is 1. The van der Waals surface area contributed by atoms with E-state index in [1.165, 1.54) is 6.08 Å². The lowest BCUT2D eigenvalue weighted by Gasteiger charge is -2.14. The molecule has 1 aromatic carbocycles. The fourth-order valence-corrected chi connectivity index (χ4v) is 3.01. The van der Waals surface area contributed by atoms with Crippen LogP contribution in [-0.4, -0.2) is 32.6 Å². The molecule has 5 nitrogen and oxygen atoms in total. The van der Waals surface area contributed by atoms with E-state index in [-0.39, 0.29) is 5.91 Å². The first-order valence-corrected chi connectivity index (χ1v) is 8.09. The number of amides is 1. The highest BCUT2D eigenvalue weighted by Gasteiger charge is 2.19. The standard InChI is InChI=1S/C16H16Cl2N4O/c1-21(10-15-20-19-14-3-2-8-22(14)15)16(23)7-5-11-4-6-12(17)9-13(11)18/h4-7,9H,2-3,8,10H2,1H3. The number of nitrogens with zero attached hydrogens (tertiary/aromatic N) is 4. The number of aryl methyl sites for hydroxylation is 1. The number of aromatic nitrogens is 3. The summed E-state index contributed by atoms with van der Waals surface area (Å²) < 4.78 is 2.09. The largest absolute Gasteiger partial charge is 0.335 e. The van der Waals surface area contributed by atoms with Crippen LogP contribution in [0, 0.1) is 0 Å². The third-order valence-electron chi connectivity index (χ3n) is 3.81. The molecule has 0 unspecified atom stereocenters. The molecule has 120 valence electrons. The number of hydrogen-bond donors (Lipinski definition) is 0. The average Bonchev–Trinajstić information content (AvgIpc) is 3.11. The van der Waals surface area contributed by atoms with Gasteiger partial charge in [0.2, 0.25) is 5.91 Å². The summed E-state index contributed by atoms with van der Waals surface area (Å²) in [5.41, 5.74) is 0.751. The molecule has 0 aliphatic carbocycles. The minimum atomic E-state index is -0.119. The van der Waals surface area contributed by atoms with Gasteiger partial charge in [-0.25, -0.2) is 0 Å². The van der Waals surface area contributed by atoms with Gasteiger partial charge in [0.1, 0.15) is 5.82 Å².